The van der Waals surface area contributed by atoms with Gasteiger partial charge in [0.05, 0.1) is 6.54 Å². The molecule has 2 aromatic heterocycles. The monoisotopic (exact) mass is 641 g/mol. The van der Waals surface area contributed by atoms with Crippen LogP contribution in [0.2, 0.25) is 5.15 Å². The van der Waals surface area contributed by atoms with Crippen LogP contribution in [0, 0.1) is 5.41 Å². The van der Waals surface area contributed by atoms with E-state index in [1.165, 1.54) is 11.6 Å². The number of nitrogens with zero attached hydrogens (tertiary/aromatic N) is 4. The summed E-state index contributed by atoms with van der Waals surface area (Å²) in [5.74, 6) is 0.448. The Balaban J connectivity index is 1.06. The lowest BCUT2D eigenvalue weighted by molar-refractivity contribution is 0.0612. The third-order valence-corrected chi connectivity index (χ3v) is 9.45. The third kappa shape index (κ3) is 6.39. The second kappa shape index (κ2) is 12.3. The van der Waals surface area contributed by atoms with Crippen LogP contribution in [0.25, 0.3) is 10.9 Å². The number of rotatable bonds is 7. The summed E-state index contributed by atoms with van der Waals surface area (Å²) in [6.45, 7) is 9.81. The quantitative estimate of drug-likeness (QED) is 0.175. The van der Waals surface area contributed by atoms with Crippen LogP contribution in [0.4, 0.5) is 11.6 Å². The number of ether oxygens (including phenoxy) is 1. The van der Waals surface area contributed by atoms with Gasteiger partial charge in [0.1, 0.15) is 12.4 Å². The molecular formula is C35H40ClN7O3. The van der Waals surface area contributed by atoms with Crippen LogP contribution in [-0.4, -0.2) is 57.4 Å². The fourth-order valence-corrected chi connectivity index (χ4v) is 6.53. The number of allylic oxidation sites excluding steroid dienone is 2. The van der Waals surface area contributed by atoms with Crippen molar-refractivity contribution in [3.8, 4) is 5.75 Å². The molecule has 10 nitrogen and oxygen atoms in total. The maximum Gasteiger partial charge on any atom is 0.254 e. The van der Waals surface area contributed by atoms with Crippen molar-refractivity contribution in [2.45, 2.75) is 52.0 Å². The Bertz CT molecular complexity index is 1820. The van der Waals surface area contributed by atoms with Crippen LogP contribution in [-0.2, 0) is 12.0 Å². The van der Waals surface area contributed by atoms with Crippen molar-refractivity contribution < 1.29 is 14.3 Å². The van der Waals surface area contributed by atoms with Gasteiger partial charge in [0.15, 0.2) is 22.5 Å². The molecule has 2 saturated heterocycles. The predicted octanol–water partition coefficient (Wildman–Crippen LogP) is 5.61. The molecule has 0 aliphatic carbocycles. The first kappa shape index (κ1) is 31.4. The first-order valence-corrected chi connectivity index (χ1v) is 16.0. The molecule has 0 saturated carbocycles. The van der Waals surface area contributed by atoms with E-state index >= 15 is 0 Å². The maximum absolute atomic E-state index is 13.7. The molecule has 2 aliphatic heterocycles. The molecule has 6 rings (SSSR count). The highest BCUT2D eigenvalue weighted by atomic mass is 35.5. The predicted molar refractivity (Wildman–Crippen MR) is 181 cm³/mol. The highest BCUT2D eigenvalue weighted by Crippen LogP contribution is 2.41. The molecule has 0 unspecified atom stereocenters. The number of aromatic nitrogens is 3. The standard InChI is InChI=1S/C35H40ClN7O3/c1-34(2,3)22-7-9-24(10-8-22)46-18-17-42-14-11-25-26(5-4-6-27(25)42)33(45)43-15-12-35(13-16-43)20-23(39-21-35)19-28(44)29-31(37)41-32(38)30(36)40-29/h4-11,14,19,39H,12-13,15-18,20-21H2,1-3H3,(H4,37,38,41)/b23-19-. The summed E-state index contributed by atoms with van der Waals surface area (Å²) in [4.78, 5) is 36.5. The highest BCUT2D eigenvalue weighted by molar-refractivity contribution is 6.31. The Morgan fingerprint density at radius 3 is 2.50 bits per heavy atom. The first-order chi connectivity index (χ1) is 21.9. The summed E-state index contributed by atoms with van der Waals surface area (Å²) in [6, 6.07) is 16.2. The number of carbonyl (C=O) groups excluding carboxylic acids is 2. The third-order valence-electron chi connectivity index (χ3n) is 9.18. The smallest absolute Gasteiger partial charge is 0.254 e. The normalized spacial score (nSPS) is 17.0. The van der Waals surface area contributed by atoms with E-state index in [0.717, 1.165) is 41.7 Å². The zero-order valence-electron chi connectivity index (χ0n) is 26.5. The highest BCUT2D eigenvalue weighted by Gasteiger charge is 2.40. The summed E-state index contributed by atoms with van der Waals surface area (Å²) >= 11 is 5.95. The van der Waals surface area contributed by atoms with Crippen molar-refractivity contribution in [3.63, 3.8) is 0 Å². The second-order valence-corrected chi connectivity index (χ2v) is 13.7. The van der Waals surface area contributed by atoms with Gasteiger partial charge in [-0.05, 0) is 66.0 Å². The molecule has 0 radical (unpaired) electrons. The molecule has 2 aliphatic rings. The minimum Gasteiger partial charge on any atom is -0.492 e. The van der Waals surface area contributed by atoms with Crippen LogP contribution in [0.1, 0.15) is 66.4 Å². The SMILES string of the molecule is CC(C)(C)c1ccc(OCCn2ccc3c(C(=O)N4CCC5(CC4)CN/C(=C\C(=O)c4nc(Cl)c(N)nc4N)C5)cccc32)cc1. The van der Waals surface area contributed by atoms with Crippen LogP contribution >= 0.6 is 11.6 Å². The van der Waals surface area contributed by atoms with Gasteiger partial charge in [-0.25, -0.2) is 9.97 Å². The van der Waals surface area contributed by atoms with Crippen molar-refractivity contribution in [1.82, 2.24) is 24.8 Å². The zero-order valence-corrected chi connectivity index (χ0v) is 27.2. The van der Waals surface area contributed by atoms with Crippen LogP contribution in [0.15, 0.2) is 66.5 Å². The molecule has 0 bridgehead atoms. The Hall–Kier alpha value is -4.57. The van der Waals surface area contributed by atoms with Crippen molar-refractivity contribution in [3.05, 3.63) is 88.5 Å². The molecule has 1 amide bonds. The summed E-state index contributed by atoms with van der Waals surface area (Å²) in [7, 11) is 0. The molecule has 0 atom stereocenters. The summed E-state index contributed by atoms with van der Waals surface area (Å²) in [5.41, 5.74) is 15.4. The van der Waals surface area contributed by atoms with E-state index in [1.807, 2.05) is 47.5 Å². The van der Waals surface area contributed by atoms with Gasteiger partial charge >= 0.3 is 0 Å². The number of hydrogen-bond donors (Lipinski definition) is 3. The van der Waals surface area contributed by atoms with E-state index in [-0.39, 0.29) is 45.0 Å². The number of piperidine rings is 1. The summed E-state index contributed by atoms with van der Waals surface area (Å²) in [5, 5.41) is 4.27. The van der Waals surface area contributed by atoms with E-state index < -0.39 is 0 Å². The topological polar surface area (TPSA) is 141 Å². The Labute approximate surface area is 273 Å². The van der Waals surface area contributed by atoms with Gasteiger partial charge in [0, 0.05) is 54.1 Å². The number of benzene rings is 2. The fraction of sp³-hybridized carbons (Fsp3) is 0.371. The van der Waals surface area contributed by atoms with Crippen molar-refractivity contribution >= 4 is 45.8 Å². The largest absolute Gasteiger partial charge is 0.492 e. The van der Waals surface area contributed by atoms with Gasteiger partial charge in [-0.2, -0.15) is 0 Å². The number of nitrogens with one attached hydrogen (secondary N) is 1. The Kier molecular flexibility index (Phi) is 8.41. The van der Waals surface area contributed by atoms with Gasteiger partial charge in [0.25, 0.3) is 5.91 Å². The molecule has 46 heavy (non-hydrogen) atoms. The number of ketones is 1. The number of amides is 1. The van der Waals surface area contributed by atoms with Gasteiger partial charge in [-0.15, -0.1) is 0 Å². The molecular weight excluding hydrogens is 602 g/mol. The molecule has 2 fully saturated rings. The van der Waals surface area contributed by atoms with E-state index in [1.54, 1.807) is 0 Å². The molecule has 4 aromatic rings. The van der Waals surface area contributed by atoms with Crippen molar-refractivity contribution in [2.75, 3.05) is 37.7 Å². The van der Waals surface area contributed by atoms with Crippen molar-refractivity contribution in [1.29, 1.82) is 0 Å². The number of fused-ring (bicyclic) bond motifs is 1. The van der Waals surface area contributed by atoms with E-state index in [0.29, 0.717) is 38.2 Å². The van der Waals surface area contributed by atoms with E-state index in [9.17, 15) is 9.59 Å². The van der Waals surface area contributed by atoms with Gasteiger partial charge in [-0.1, -0.05) is 50.6 Å². The lowest BCUT2D eigenvalue weighted by atomic mass is 9.77. The number of nitrogen functional groups attached to an aromatic ring is 2. The second-order valence-electron chi connectivity index (χ2n) is 13.4. The van der Waals surface area contributed by atoms with E-state index in [2.05, 4.69) is 52.8 Å². The lowest BCUT2D eigenvalue weighted by Crippen LogP contribution is -2.44. The maximum atomic E-state index is 13.7. The summed E-state index contributed by atoms with van der Waals surface area (Å²) < 4.78 is 8.17. The molecule has 240 valence electrons. The Morgan fingerprint density at radius 1 is 1.04 bits per heavy atom. The van der Waals surface area contributed by atoms with Gasteiger partial charge in [0.2, 0.25) is 5.78 Å². The van der Waals surface area contributed by atoms with Crippen molar-refractivity contribution in [2.24, 2.45) is 5.41 Å². The molecule has 2 aromatic carbocycles. The molecule has 5 N–H and O–H groups in total. The number of anilines is 2. The minimum atomic E-state index is -0.375. The number of hydrogen-bond acceptors (Lipinski definition) is 8. The minimum absolute atomic E-state index is 0.0142. The summed E-state index contributed by atoms with van der Waals surface area (Å²) in [6.07, 6.45) is 5.90. The number of nitrogens with two attached hydrogens (primary N) is 2. The number of likely N-dealkylation sites (tertiary alicyclic amines) is 1. The average Bonchev–Trinajstić information content (AvgIpc) is 3.62. The van der Waals surface area contributed by atoms with Crippen LogP contribution in [0.3, 0.4) is 0 Å². The van der Waals surface area contributed by atoms with Crippen LogP contribution < -0.4 is 21.5 Å². The first-order valence-electron chi connectivity index (χ1n) is 15.6. The lowest BCUT2D eigenvalue weighted by Gasteiger charge is -2.38. The number of halogens is 1. The molecule has 4 heterocycles. The molecule has 1 spiro atoms. The Morgan fingerprint density at radius 2 is 1.78 bits per heavy atom. The van der Waals surface area contributed by atoms with Crippen LogP contribution in [0.5, 0.6) is 5.75 Å². The number of carbonyl (C=O) groups is 2. The van der Waals surface area contributed by atoms with Gasteiger partial charge in [-0.3, -0.25) is 9.59 Å². The van der Waals surface area contributed by atoms with Gasteiger partial charge < -0.3 is 31.0 Å². The molecule has 11 heteroatoms. The van der Waals surface area contributed by atoms with E-state index in [4.69, 9.17) is 27.8 Å². The zero-order chi connectivity index (χ0) is 32.6. The average molecular weight is 642 g/mol. The fourth-order valence-electron chi connectivity index (χ4n) is 6.41.